The first kappa shape index (κ1) is 19.0. The van der Waals surface area contributed by atoms with Gasteiger partial charge in [0.05, 0.1) is 6.10 Å². The molecule has 9 nitrogen and oxygen atoms in total. The highest BCUT2D eigenvalue weighted by Gasteiger charge is 2.15. The summed E-state index contributed by atoms with van der Waals surface area (Å²) in [5, 5.41) is 7.23. The maximum absolute atomic E-state index is 12.6. The molecule has 1 amide bonds. The highest BCUT2D eigenvalue weighted by Crippen LogP contribution is 2.17. The third-order valence-electron chi connectivity index (χ3n) is 3.76. The highest BCUT2D eigenvalue weighted by atomic mass is 79.9. The van der Waals surface area contributed by atoms with Gasteiger partial charge in [-0.25, -0.2) is 14.6 Å². The van der Waals surface area contributed by atoms with Gasteiger partial charge >= 0.3 is 0 Å². The van der Waals surface area contributed by atoms with Gasteiger partial charge in [-0.15, -0.1) is 0 Å². The zero-order valence-electron chi connectivity index (χ0n) is 15.1. The van der Waals surface area contributed by atoms with E-state index < -0.39 is 0 Å². The summed E-state index contributed by atoms with van der Waals surface area (Å²) in [6.07, 6.45) is 2.95. The summed E-state index contributed by atoms with van der Waals surface area (Å²) in [6.45, 7) is 3.91. The van der Waals surface area contributed by atoms with E-state index in [1.807, 2.05) is 19.9 Å². The molecule has 0 saturated heterocycles. The molecule has 3 aromatic heterocycles. The number of aromatic nitrogens is 5. The van der Waals surface area contributed by atoms with Crippen LogP contribution in [0.3, 0.4) is 0 Å². The van der Waals surface area contributed by atoms with Gasteiger partial charge in [-0.3, -0.25) is 14.2 Å². The fraction of sp³-hybridized carbons (Fsp3) is 0.353. The van der Waals surface area contributed by atoms with E-state index in [4.69, 9.17) is 4.74 Å². The van der Waals surface area contributed by atoms with Crippen molar-refractivity contribution in [3.8, 4) is 5.88 Å². The first-order valence-corrected chi connectivity index (χ1v) is 9.11. The molecule has 1 N–H and O–H groups in total. The number of nitrogens with zero attached hydrogens (tertiary/aromatic N) is 5. The molecular formula is C17H19BrN6O3. The Morgan fingerprint density at radius 3 is 2.89 bits per heavy atom. The molecule has 0 radical (unpaired) electrons. The minimum atomic E-state index is -0.333. The smallest absolute Gasteiger partial charge is 0.266 e. The van der Waals surface area contributed by atoms with Crippen LogP contribution in [0.2, 0.25) is 0 Å². The molecule has 0 aromatic carbocycles. The molecule has 0 saturated carbocycles. The molecule has 0 aliphatic rings. The second-order valence-corrected chi connectivity index (χ2v) is 6.95. The zero-order chi connectivity index (χ0) is 19.6. The number of fused-ring (bicyclic) bond motifs is 1. The minimum absolute atomic E-state index is 0.0244. The largest absolute Gasteiger partial charge is 0.475 e. The first-order valence-electron chi connectivity index (χ1n) is 8.31. The Balaban J connectivity index is 1.72. The third kappa shape index (κ3) is 4.16. The van der Waals surface area contributed by atoms with E-state index in [0.29, 0.717) is 21.5 Å². The Labute approximate surface area is 163 Å². The fourth-order valence-electron chi connectivity index (χ4n) is 2.54. The van der Waals surface area contributed by atoms with Crippen molar-refractivity contribution < 1.29 is 9.53 Å². The van der Waals surface area contributed by atoms with Gasteiger partial charge < -0.3 is 10.1 Å². The monoisotopic (exact) mass is 434 g/mol. The van der Waals surface area contributed by atoms with Crippen LogP contribution in [0, 0.1) is 0 Å². The third-order valence-corrected chi connectivity index (χ3v) is 4.31. The number of nitrogens with one attached hydrogen (secondary N) is 1. The molecule has 3 aromatic rings. The van der Waals surface area contributed by atoms with E-state index in [9.17, 15) is 9.59 Å². The lowest BCUT2D eigenvalue weighted by Crippen LogP contribution is -2.32. The number of pyridine rings is 1. The van der Waals surface area contributed by atoms with Crippen LogP contribution < -0.4 is 15.6 Å². The Morgan fingerprint density at radius 1 is 1.37 bits per heavy atom. The molecule has 10 heteroatoms. The molecule has 0 aliphatic heterocycles. The standard InChI is InChI=1S/C17H19BrN6O3/c1-10(2)27-16-11(5-4-6-19-16)7-20-12(25)8-24-9-21-15-13(17(24)26)14(18)22-23(15)3/h4-6,9-10H,7-8H2,1-3H3,(H,20,25). The lowest BCUT2D eigenvalue weighted by Gasteiger charge is -2.13. The van der Waals surface area contributed by atoms with Gasteiger partial charge in [0.2, 0.25) is 11.8 Å². The number of hydrogen-bond donors (Lipinski definition) is 1. The average Bonchev–Trinajstić information content (AvgIpc) is 2.90. The highest BCUT2D eigenvalue weighted by molar-refractivity contribution is 9.10. The van der Waals surface area contributed by atoms with Crippen LogP contribution in [-0.4, -0.2) is 36.3 Å². The zero-order valence-corrected chi connectivity index (χ0v) is 16.7. The lowest BCUT2D eigenvalue weighted by molar-refractivity contribution is -0.121. The van der Waals surface area contributed by atoms with Gasteiger partial charge in [0.25, 0.3) is 5.56 Å². The lowest BCUT2D eigenvalue weighted by atomic mass is 10.2. The molecule has 142 valence electrons. The molecule has 3 heterocycles. The molecule has 0 fully saturated rings. The van der Waals surface area contributed by atoms with E-state index in [2.05, 4.69) is 36.3 Å². The number of hydrogen-bond acceptors (Lipinski definition) is 6. The van der Waals surface area contributed by atoms with Gasteiger partial charge in [-0.1, -0.05) is 6.07 Å². The van der Waals surface area contributed by atoms with Crippen molar-refractivity contribution in [1.82, 2.24) is 29.6 Å². The number of amides is 1. The predicted molar refractivity (Wildman–Crippen MR) is 102 cm³/mol. The minimum Gasteiger partial charge on any atom is -0.475 e. The number of carbonyl (C=O) groups excluding carboxylic acids is 1. The maximum Gasteiger partial charge on any atom is 0.266 e. The molecule has 0 aliphatic carbocycles. The average molecular weight is 435 g/mol. The Morgan fingerprint density at radius 2 is 2.15 bits per heavy atom. The Kier molecular flexibility index (Phi) is 5.54. The maximum atomic E-state index is 12.6. The van der Waals surface area contributed by atoms with Crippen molar-refractivity contribution in [2.24, 2.45) is 7.05 Å². The van der Waals surface area contributed by atoms with Crippen molar-refractivity contribution in [2.45, 2.75) is 33.0 Å². The Bertz CT molecular complexity index is 1040. The van der Waals surface area contributed by atoms with Crippen LogP contribution in [-0.2, 0) is 24.9 Å². The van der Waals surface area contributed by atoms with Gasteiger partial charge in [-0.2, -0.15) is 5.10 Å². The van der Waals surface area contributed by atoms with Crippen LogP contribution in [0.4, 0.5) is 0 Å². The van der Waals surface area contributed by atoms with Crippen molar-refractivity contribution in [2.75, 3.05) is 0 Å². The molecule has 0 atom stereocenters. The predicted octanol–water partition coefficient (Wildman–Crippen LogP) is 1.39. The topological polar surface area (TPSA) is 104 Å². The second kappa shape index (κ2) is 7.87. The van der Waals surface area contributed by atoms with E-state index >= 15 is 0 Å². The molecule has 3 rings (SSSR count). The van der Waals surface area contributed by atoms with E-state index in [0.717, 1.165) is 5.56 Å². The first-order chi connectivity index (χ1) is 12.9. The van der Waals surface area contributed by atoms with Crippen molar-refractivity contribution in [3.63, 3.8) is 0 Å². The summed E-state index contributed by atoms with van der Waals surface area (Å²) in [5.41, 5.74) is 0.880. The van der Waals surface area contributed by atoms with Crippen LogP contribution in [0.25, 0.3) is 11.0 Å². The molecular weight excluding hydrogens is 416 g/mol. The number of aryl methyl sites for hydroxylation is 1. The van der Waals surface area contributed by atoms with E-state index in [-0.39, 0.29) is 30.7 Å². The van der Waals surface area contributed by atoms with Gasteiger partial charge in [-0.05, 0) is 35.8 Å². The van der Waals surface area contributed by atoms with Crippen LogP contribution >= 0.6 is 15.9 Å². The fourth-order valence-corrected chi connectivity index (χ4v) is 3.13. The van der Waals surface area contributed by atoms with Crippen molar-refractivity contribution >= 4 is 32.9 Å². The summed E-state index contributed by atoms with van der Waals surface area (Å²) in [5.74, 6) is 0.157. The number of halogens is 1. The van der Waals surface area contributed by atoms with Gasteiger partial charge in [0.1, 0.15) is 22.9 Å². The van der Waals surface area contributed by atoms with Gasteiger partial charge in [0.15, 0.2) is 5.65 Å². The second-order valence-electron chi connectivity index (χ2n) is 6.20. The summed E-state index contributed by atoms with van der Waals surface area (Å²) in [7, 11) is 1.70. The summed E-state index contributed by atoms with van der Waals surface area (Å²) in [6, 6.07) is 3.61. The molecule has 0 bridgehead atoms. The number of rotatable bonds is 6. The van der Waals surface area contributed by atoms with Crippen LogP contribution in [0.15, 0.2) is 34.1 Å². The van der Waals surface area contributed by atoms with Gasteiger partial charge in [0, 0.05) is 25.4 Å². The SMILES string of the molecule is CC(C)Oc1ncccc1CNC(=O)Cn1cnc2c(c(Br)nn2C)c1=O. The van der Waals surface area contributed by atoms with Crippen LogP contribution in [0.1, 0.15) is 19.4 Å². The van der Waals surface area contributed by atoms with E-state index in [1.54, 1.807) is 19.3 Å². The summed E-state index contributed by atoms with van der Waals surface area (Å²) in [4.78, 5) is 33.3. The quantitative estimate of drug-likeness (QED) is 0.628. The normalized spacial score (nSPS) is 11.1. The molecule has 0 spiro atoms. The Hall–Kier alpha value is -2.75. The molecule has 0 unspecified atom stereocenters. The molecule has 27 heavy (non-hydrogen) atoms. The number of ether oxygens (including phenoxy) is 1. The summed E-state index contributed by atoms with van der Waals surface area (Å²) < 4.78 is 8.79. The number of carbonyl (C=O) groups is 1. The van der Waals surface area contributed by atoms with Crippen molar-refractivity contribution in [3.05, 3.63) is 45.2 Å². The van der Waals surface area contributed by atoms with E-state index in [1.165, 1.54) is 15.6 Å². The van der Waals surface area contributed by atoms with Crippen molar-refractivity contribution in [1.29, 1.82) is 0 Å². The van der Waals surface area contributed by atoms with Crippen LogP contribution in [0.5, 0.6) is 5.88 Å². The summed E-state index contributed by atoms with van der Waals surface area (Å²) >= 11 is 3.25.